The Morgan fingerprint density at radius 2 is 2.00 bits per heavy atom. The molecule has 4 rings (SSSR count). The van der Waals surface area contributed by atoms with E-state index in [0.29, 0.717) is 24.0 Å². The number of ether oxygens (including phenoxy) is 1. The van der Waals surface area contributed by atoms with Crippen LogP contribution < -0.4 is 0 Å². The SMILES string of the molecule is CC1(C)CCC(OCc2cccc3ccccc23)C(Cn2ccnc2)C1. The van der Waals surface area contributed by atoms with Crippen LogP contribution in [-0.4, -0.2) is 15.7 Å². The van der Waals surface area contributed by atoms with Crippen molar-refractivity contribution in [3.63, 3.8) is 0 Å². The van der Waals surface area contributed by atoms with Crippen molar-refractivity contribution in [2.75, 3.05) is 0 Å². The van der Waals surface area contributed by atoms with Gasteiger partial charge in [0.2, 0.25) is 0 Å². The van der Waals surface area contributed by atoms with Gasteiger partial charge in [0.1, 0.15) is 0 Å². The van der Waals surface area contributed by atoms with Crippen LogP contribution in [0.15, 0.2) is 61.2 Å². The molecule has 0 N–H and O–H groups in total. The zero-order valence-electron chi connectivity index (χ0n) is 15.8. The Kier molecular flexibility index (Phi) is 4.82. The second kappa shape index (κ2) is 7.24. The second-order valence-electron chi connectivity index (χ2n) is 8.41. The van der Waals surface area contributed by atoms with Gasteiger partial charge in [-0.2, -0.15) is 0 Å². The molecule has 1 saturated carbocycles. The largest absolute Gasteiger partial charge is 0.373 e. The van der Waals surface area contributed by atoms with E-state index in [0.717, 1.165) is 13.0 Å². The number of aromatic nitrogens is 2. The molecule has 2 atom stereocenters. The molecule has 0 spiro atoms. The first kappa shape index (κ1) is 17.3. The summed E-state index contributed by atoms with van der Waals surface area (Å²) in [7, 11) is 0. The van der Waals surface area contributed by atoms with Crippen molar-refractivity contribution in [2.45, 2.75) is 52.4 Å². The molecular formula is C23H28N2O. The summed E-state index contributed by atoms with van der Waals surface area (Å²) in [4.78, 5) is 4.20. The van der Waals surface area contributed by atoms with Crippen molar-refractivity contribution in [1.82, 2.24) is 9.55 Å². The molecule has 2 unspecified atom stereocenters. The molecule has 1 fully saturated rings. The molecule has 0 radical (unpaired) electrons. The fourth-order valence-electron chi connectivity index (χ4n) is 4.39. The van der Waals surface area contributed by atoms with Gasteiger partial charge in [-0.1, -0.05) is 56.3 Å². The van der Waals surface area contributed by atoms with Gasteiger partial charge in [-0.3, -0.25) is 0 Å². The maximum absolute atomic E-state index is 6.50. The Morgan fingerprint density at radius 3 is 2.85 bits per heavy atom. The van der Waals surface area contributed by atoms with Crippen molar-refractivity contribution in [1.29, 1.82) is 0 Å². The summed E-state index contributed by atoms with van der Waals surface area (Å²) < 4.78 is 8.69. The van der Waals surface area contributed by atoms with Crippen LogP contribution in [0.5, 0.6) is 0 Å². The Bertz CT molecular complexity index is 848. The van der Waals surface area contributed by atoms with Crippen molar-refractivity contribution >= 4 is 10.8 Å². The van der Waals surface area contributed by atoms with Crippen LogP contribution in [0.25, 0.3) is 10.8 Å². The topological polar surface area (TPSA) is 27.1 Å². The van der Waals surface area contributed by atoms with Crippen LogP contribution in [0.2, 0.25) is 0 Å². The van der Waals surface area contributed by atoms with Gasteiger partial charge in [0.15, 0.2) is 0 Å². The smallest absolute Gasteiger partial charge is 0.0946 e. The third-order valence-electron chi connectivity index (χ3n) is 5.78. The number of benzene rings is 2. The molecule has 0 bridgehead atoms. The van der Waals surface area contributed by atoms with Crippen molar-refractivity contribution in [2.24, 2.45) is 11.3 Å². The Hall–Kier alpha value is -2.13. The number of nitrogens with zero attached hydrogens (tertiary/aromatic N) is 2. The van der Waals surface area contributed by atoms with Gasteiger partial charge in [-0.25, -0.2) is 4.98 Å². The minimum Gasteiger partial charge on any atom is -0.373 e. The average Bonchev–Trinajstić information content (AvgIpc) is 3.13. The molecule has 1 aliphatic carbocycles. The fourth-order valence-corrected chi connectivity index (χ4v) is 4.39. The van der Waals surface area contributed by atoms with Crippen LogP contribution in [0.3, 0.4) is 0 Å². The van der Waals surface area contributed by atoms with Gasteiger partial charge < -0.3 is 9.30 Å². The molecule has 1 heterocycles. The Labute approximate surface area is 156 Å². The summed E-state index contributed by atoms with van der Waals surface area (Å²) in [6.45, 7) is 6.44. The minimum absolute atomic E-state index is 0.310. The molecule has 0 saturated heterocycles. The summed E-state index contributed by atoms with van der Waals surface area (Å²) in [6.07, 6.45) is 9.72. The lowest BCUT2D eigenvalue weighted by Crippen LogP contribution is -2.37. The van der Waals surface area contributed by atoms with E-state index in [-0.39, 0.29) is 0 Å². The standard InChI is InChI=1S/C23H28N2O/c1-23(2)11-10-22(20(14-23)15-25-13-12-24-17-25)26-16-19-8-5-7-18-6-3-4-9-21(18)19/h3-9,12-13,17,20,22H,10-11,14-16H2,1-2H3. The highest BCUT2D eigenvalue weighted by Gasteiger charge is 2.35. The van der Waals surface area contributed by atoms with Crippen LogP contribution in [0.1, 0.15) is 38.7 Å². The molecule has 2 aromatic carbocycles. The number of fused-ring (bicyclic) bond motifs is 1. The molecule has 26 heavy (non-hydrogen) atoms. The Morgan fingerprint density at radius 1 is 1.15 bits per heavy atom. The van der Waals surface area contributed by atoms with Crippen LogP contribution in [-0.2, 0) is 17.9 Å². The van der Waals surface area contributed by atoms with E-state index < -0.39 is 0 Å². The molecule has 3 nitrogen and oxygen atoms in total. The molecule has 1 aliphatic rings. The molecular weight excluding hydrogens is 320 g/mol. The molecule has 136 valence electrons. The third kappa shape index (κ3) is 3.83. The summed E-state index contributed by atoms with van der Waals surface area (Å²) in [6, 6.07) is 15.1. The first-order chi connectivity index (χ1) is 12.6. The normalized spacial score (nSPS) is 22.5. The summed E-state index contributed by atoms with van der Waals surface area (Å²) in [5.74, 6) is 0.530. The lowest BCUT2D eigenvalue weighted by Gasteiger charge is -2.40. The van der Waals surface area contributed by atoms with Gasteiger partial charge >= 0.3 is 0 Å². The third-order valence-corrected chi connectivity index (χ3v) is 5.78. The highest BCUT2D eigenvalue weighted by atomic mass is 16.5. The number of hydrogen-bond donors (Lipinski definition) is 0. The highest BCUT2D eigenvalue weighted by Crippen LogP contribution is 2.41. The van der Waals surface area contributed by atoms with E-state index in [1.54, 1.807) is 0 Å². The molecule has 3 heteroatoms. The average molecular weight is 348 g/mol. The number of hydrogen-bond acceptors (Lipinski definition) is 2. The molecule has 0 aliphatic heterocycles. The van der Waals surface area contributed by atoms with E-state index >= 15 is 0 Å². The first-order valence-electron chi connectivity index (χ1n) is 9.65. The highest BCUT2D eigenvalue weighted by molar-refractivity contribution is 5.85. The molecule has 1 aromatic heterocycles. The van der Waals surface area contributed by atoms with Gasteiger partial charge in [0.25, 0.3) is 0 Å². The quantitative estimate of drug-likeness (QED) is 0.613. The molecule has 0 amide bonds. The van der Waals surface area contributed by atoms with E-state index in [1.165, 1.54) is 29.2 Å². The summed E-state index contributed by atoms with van der Waals surface area (Å²) >= 11 is 0. The zero-order valence-corrected chi connectivity index (χ0v) is 15.8. The predicted octanol–water partition coefficient (Wildman–Crippen LogP) is 5.45. The lowest BCUT2D eigenvalue weighted by atomic mass is 9.70. The van der Waals surface area contributed by atoms with Crippen molar-refractivity contribution in [3.8, 4) is 0 Å². The summed E-state index contributed by atoms with van der Waals surface area (Å²) in [5.41, 5.74) is 1.68. The van der Waals surface area contributed by atoms with Crippen LogP contribution in [0.4, 0.5) is 0 Å². The van der Waals surface area contributed by atoms with E-state index in [4.69, 9.17) is 4.74 Å². The van der Waals surface area contributed by atoms with Crippen LogP contribution >= 0.6 is 0 Å². The van der Waals surface area contributed by atoms with E-state index in [1.807, 2.05) is 12.5 Å². The maximum Gasteiger partial charge on any atom is 0.0946 e. The second-order valence-corrected chi connectivity index (χ2v) is 8.41. The van der Waals surface area contributed by atoms with Crippen molar-refractivity contribution in [3.05, 3.63) is 66.7 Å². The van der Waals surface area contributed by atoms with E-state index in [9.17, 15) is 0 Å². The van der Waals surface area contributed by atoms with Gasteiger partial charge in [-0.15, -0.1) is 0 Å². The van der Waals surface area contributed by atoms with Gasteiger partial charge in [0.05, 0.1) is 19.0 Å². The first-order valence-corrected chi connectivity index (χ1v) is 9.65. The number of rotatable bonds is 5. The Balaban J connectivity index is 1.49. The molecule has 3 aromatic rings. The predicted molar refractivity (Wildman–Crippen MR) is 106 cm³/mol. The van der Waals surface area contributed by atoms with Gasteiger partial charge in [-0.05, 0) is 41.0 Å². The van der Waals surface area contributed by atoms with E-state index in [2.05, 4.69) is 72.1 Å². The number of imidazole rings is 1. The lowest BCUT2D eigenvalue weighted by molar-refractivity contribution is -0.0515. The fraction of sp³-hybridized carbons (Fsp3) is 0.435. The van der Waals surface area contributed by atoms with Gasteiger partial charge in [0, 0.05) is 24.9 Å². The summed E-state index contributed by atoms with van der Waals surface area (Å²) in [5, 5.41) is 2.59. The maximum atomic E-state index is 6.50. The van der Waals surface area contributed by atoms with Crippen LogP contribution in [0, 0.1) is 11.3 Å². The van der Waals surface area contributed by atoms with Crippen molar-refractivity contribution < 1.29 is 4.74 Å². The monoisotopic (exact) mass is 348 g/mol. The zero-order chi connectivity index (χ0) is 18.0. The minimum atomic E-state index is 0.310.